The Labute approximate surface area is 151 Å². The number of fused-ring (bicyclic) bond motifs is 1. The smallest absolute Gasteiger partial charge is 0.231 e. The predicted octanol–water partition coefficient (Wildman–Crippen LogP) is 3.57. The maximum atomic E-state index is 5.39. The number of aromatic nitrogens is 2. The van der Waals surface area contributed by atoms with Gasteiger partial charge in [-0.3, -0.25) is 0 Å². The Kier molecular flexibility index (Phi) is 4.42. The lowest BCUT2D eigenvalue weighted by Crippen LogP contribution is -2.06. The van der Waals surface area contributed by atoms with Gasteiger partial charge in [0.2, 0.25) is 12.7 Å². The number of benzene rings is 2. The quantitative estimate of drug-likeness (QED) is 0.704. The third-order valence-electron chi connectivity index (χ3n) is 3.93. The Bertz CT molecular complexity index is 917. The molecular formula is C19H18N4O3. The van der Waals surface area contributed by atoms with Crippen molar-refractivity contribution in [2.45, 2.75) is 6.54 Å². The predicted molar refractivity (Wildman–Crippen MR) is 98.2 cm³/mol. The summed E-state index contributed by atoms with van der Waals surface area (Å²) in [7, 11) is 1.66. The highest BCUT2D eigenvalue weighted by Crippen LogP contribution is 2.34. The fourth-order valence-electron chi connectivity index (χ4n) is 2.66. The van der Waals surface area contributed by atoms with Gasteiger partial charge in [0.05, 0.1) is 7.11 Å². The van der Waals surface area contributed by atoms with Crippen LogP contribution in [0.2, 0.25) is 0 Å². The largest absolute Gasteiger partial charge is 0.496 e. The van der Waals surface area contributed by atoms with Gasteiger partial charge in [-0.1, -0.05) is 18.2 Å². The second-order valence-electron chi connectivity index (χ2n) is 5.62. The van der Waals surface area contributed by atoms with E-state index in [0.29, 0.717) is 18.3 Å². The van der Waals surface area contributed by atoms with Gasteiger partial charge in [0.15, 0.2) is 11.5 Å². The molecule has 0 saturated carbocycles. The van der Waals surface area contributed by atoms with E-state index in [9.17, 15) is 0 Å². The fourth-order valence-corrected chi connectivity index (χ4v) is 2.66. The number of nitrogens with one attached hydrogen (secondary N) is 2. The molecular weight excluding hydrogens is 332 g/mol. The molecule has 7 heteroatoms. The molecule has 1 aromatic heterocycles. The SMILES string of the molecule is COc1ccccc1CNc1nccc(Nc2ccc3c(c2)OCO3)n1. The van der Waals surface area contributed by atoms with Gasteiger partial charge in [-0.05, 0) is 24.3 Å². The standard InChI is InChI=1S/C19H18N4O3/c1-24-15-5-3-2-4-13(15)11-21-19-20-9-8-18(23-19)22-14-6-7-16-17(10-14)26-12-25-16/h2-10H,11-12H2,1H3,(H2,20,21,22,23). The fraction of sp³-hybridized carbons (Fsp3) is 0.158. The maximum absolute atomic E-state index is 5.39. The first-order valence-electron chi connectivity index (χ1n) is 8.17. The van der Waals surface area contributed by atoms with Crippen molar-refractivity contribution < 1.29 is 14.2 Å². The minimum absolute atomic E-state index is 0.253. The van der Waals surface area contributed by atoms with Crippen molar-refractivity contribution in [3.8, 4) is 17.2 Å². The van der Waals surface area contributed by atoms with E-state index in [-0.39, 0.29) is 6.79 Å². The molecule has 0 bridgehead atoms. The van der Waals surface area contributed by atoms with Gasteiger partial charge in [-0.2, -0.15) is 4.98 Å². The molecule has 0 aliphatic carbocycles. The molecule has 26 heavy (non-hydrogen) atoms. The highest BCUT2D eigenvalue weighted by molar-refractivity contribution is 5.62. The summed E-state index contributed by atoms with van der Waals surface area (Å²) in [6, 6.07) is 15.3. The van der Waals surface area contributed by atoms with Gasteiger partial charge in [0.25, 0.3) is 0 Å². The third-order valence-corrected chi connectivity index (χ3v) is 3.93. The molecule has 7 nitrogen and oxygen atoms in total. The average Bonchev–Trinajstić information content (AvgIpc) is 3.15. The molecule has 0 atom stereocenters. The minimum Gasteiger partial charge on any atom is -0.496 e. The Balaban J connectivity index is 1.45. The Morgan fingerprint density at radius 2 is 1.96 bits per heavy atom. The summed E-state index contributed by atoms with van der Waals surface area (Å²) in [6.07, 6.45) is 1.70. The summed E-state index contributed by atoms with van der Waals surface area (Å²) < 4.78 is 16.1. The number of para-hydroxylation sites is 1. The van der Waals surface area contributed by atoms with E-state index in [4.69, 9.17) is 14.2 Å². The molecule has 1 aliphatic heterocycles. The van der Waals surface area contributed by atoms with Crippen LogP contribution in [0, 0.1) is 0 Å². The first kappa shape index (κ1) is 16.0. The van der Waals surface area contributed by atoms with E-state index in [0.717, 1.165) is 28.5 Å². The van der Waals surface area contributed by atoms with Gasteiger partial charge in [-0.25, -0.2) is 4.98 Å². The zero-order chi connectivity index (χ0) is 17.8. The van der Waals surface area contributed by atoms with Crippen molar-refractivity contribution in [3.63, 3.8) is 0 Å². The van der Waals surface area contributed by atoms with E-state index >= 15 is 0 Å². The number of nitrogens with zero attached hydrogens (tertiary/aromatic N) is 2. The van der Waals surface area contributed by atoms with Crippen LogP contribution in [0.15, 0.2) is 54.7 Å². The number of anilines is 3. The highest BCUT2D eigenvalue weighted by Gasteiger charge is 2.13. The Hall–Kier alpha value is -3.48. The van der Waals surface area contributed by atoms with Crippen LogP contribution in [0.3, 0.4) is 0 Å². The minimum atomic E-state index is 0.253. The van der Waals surface area contributed by atoms with Crippen LogP contribution in [-0.4, -0.2) is 23.9 Å². The number of rotatable bonds is 6. The Morgan fingerprint density at radius 3 is 2.88 bits per heavy atom. The lowest BCUT2D eigenvalue weighted by molar-refractivity contribution is 0.174. The molecule has 2 N–H and O–H groups in total. The highest BCUT2D eigenvalue weighted by atomic mass is 16.7. The Morgan fingerprint density at radius 1 is 1.08 bits per heavy atom. The first-order chi connectivity index (χ1) is 12.8. The number of hydrogen-bond donors (Lipinski definition) is 2. The zero-order valence-electron chi connectivity index (χ0n) is 14.2. The van der Waals surface area contributed by atoms with Crippen LogP contribution in [0.1, 0.15) is 5.56 Å². The van der Waals surface area contributed by atoms with Crippen molar-refractivity contribution in [3.05, 3.63) is 60.3 Å². The third kappa shape index (κ3) is 3.46. The van der Waals surface area contributed by atoms with Crippen LogP contribution in [0.4, 0.5) is 17.5 Å². The molecule has 0 unspecified atom stereocenters. The number of hydrogen-bond acceptors (Lipinski definition) is 7. The molecule has 0 amide bonds. The number of ether oxygens (including phenoxy) is 3. The summed E-state index contributed by atoms with van der Waals surface area (Å²) >= 11 is 0. The second kappa shape index (κ2) is 7.18. The second-order valence-corrected chi connectivity index (χ2v) is 5.62. The van der Waals surface area contributed by atoms with Gasteiger partial charge in [0.1, 0.15) is 11.6 Å². The van der Waals surface area contributed by atoms with Crippen LogP contribution in [-0.2, 0) is 6.54 Å². The molecule has 132 valence electrons. The van der Waals surface area contributed by atoms with Gasteiger partial charge in [-0.15, -0.1) is 0 Å². The van der Waals surface area contributed by atoms with Crippen LogP contribution < -0.4 is 24.8 Å². The average molecular weight is 350 g/mol. The monoisotopic (exact) mass is 350 g/mol. The van der Waals surface area contributed by atoms with Crippen molar-refractivity contribution in [1.82, 2.24) is 9.97 Å². The van der Waals surface area contributed by atoms with E-state index in [1.54, 1.807) is 19.4 Å². The van der Waals surface area contributed by atoms with Gasteiger partial charge < -0.3 is 24.8 Å². The summed E-state index contributed by atoms with van der Waals surface area (Å²) in [4.78, 5) is 8.75. The molecule has 2 heterocycles. The topological polar surface area (TPSA) is 77.5 Å². The van der Waals surface area contributed by atoms with Crippen LogP contribution in [0.5, 0.6) is 17.2 Å². The van der Waals surface area contributed by atoms with E-state index in [1.807, 2.05) is 42.5 Å². The van der Waals surface area contributed by atoms with Crippen molar-refractivity contribution >= 4 is 17.5 Å². The van der Waals surface area contributed by atoms with Gasteiger partial charge >= 0.3 is 0 Å². The molecule has 0 saturated heterocycles. The summed E-state index contributed by atoms with van der Waals surface area (Å²) in [5.41, 5.74) is 1.90. The molecule has 0 fully saturated rings. The summed E-state index contributed by atoms with van der Waals surface area (Å²) in [5, 5.41) is 6.46. The molecule has 0 radical (unpaired) electrons. The van der Waals surface area contributed by atoms with Crippen molar-refractivity contribution in [2.75, 3.05) is 24.5 Å². The molecule has 0 spiro atoms. The number of methoxy groups -OCH3 is 1. The first-order valence-corrected chi connectivity index (χ1v) is 8.17. The molecule has 3 aromatic rings. The van der Waals surface area contributed by atoms with E-state index in [1.165, 1.54) is 0 Å². The molecule has 1 aliphatic rings. The summed E-state index contributed by atoms with van der Waals surface area (Å²) in [6.45, 7) is 0.820. The lowest BCUT2D eigenvalue weighted by Gasteiger charge is -2.11. The normalized spacial score (nSPS) is 11.9. The zero-order valence-corrected chi connectivity index (χ0v) is 14.2. The van der Waals surface area contributed by atoms with Crippen LogP contribution >= 0.6 is 0 Å². The maximum Gasteiger partial charge on any atom is 0.231 e. The summed E-state index contributed by atoms with van der Waals surface area (Å²) in [5.74, 6) is 3.51. The van der Waals surface area contributed by atoms with Crippen molar-refractivity contribution in [2.24, 2.45) is 0 Å². The van der Waals surface area contributed by atoms with Crippen LogP contribution in [0.25, 0.3) is 0 Å². The molecule has 2 aromatic carbocycles. The van der Waals surface area contributed by atoms with E-state index in [2.05, 4.69) is 20.6 Å². The van der Waals surface area contributed by atoms with E-state index < -0.39 is 0 Å². The molecule has 4 rings (SSSR count). The lowest BCUT2D eigenvalue weighted by atomic mass is 10.2. The van der Waals surface area contributed by atoms with Crippen molar-refractivity contribution in [1.29, 1.82) is 0 Å². The van der Waals surface area contributed by atoms with Gasteiger partial charge in [0, 0.05) is 30.1 Å².